The maximum atomic E-state index is 11.1. The van der Waals surface area contributed by atoms with Gasteiger partial charge in [-0.25, -0.2) is 0 Å². The minimum absolute atomic E-state index is 0.112. The molecule has 0 saturated heterocycles. The number of carbonyl (C=O) groups excluding carboxylic acids is 1. The zero-order chi connectivity index (χ0) is 11.7. The van der Waals surface area contributed by atoms with Crippen LogP contribution in [0.5, 0.6) is 0 Å². The summed E-state index contributed by atoms with van der Waals surface area (Å²) in [5.41, 5.74) is 2.15. The molecule has 1 aliphatic rings. The molecule has 84 valence electrons. The molecule has 0 aromatic heterocycles. The lowest BCUT2D eigenvalue weighted by Crippen LogP contribution is -2.26. The molecule has 1 heterocycles. The van der Waals surface area contributed by atoms with Crippen LogP contribution < -0.4 is 5.32 Å². The summed E-state index contributed by atoms with van der Waals surface area (Å²) in [5.74, 6) is 0.112. The second kappa shape index (κ2) is 8.04. The Morgan fingerprint density at radius 2 is 1.67 bits per heavy atom. The van der Waals surface area contributed by atoms with Gasteiger partial charge in [-0.3, -0.25) is 4.79 Å². The van der Waals surface area contributed by atoms with Crippen molar-refractivity contribution in [2.75, 3.05) is 0 Å². The van der Waals surface area contributed by atoms with E-state index in [1.54, 1.807) is 0 Å². The second-order valence-electron chi connectivity index (χ2n) is 2.99. The standard InChI is InChI=1S/C11H15NO.C2H6/c1-3-5-9-7-8-11(13)12-10(9)6-4-2;1-2/h3-6H,7-8H2,1-2H3,(H,12,13);1-2H3/b5-3-,6-4-;. The minimum Gasteiger partial charge on any atom is -0.326 e. The molecule has 0 bridgehead atoms. The van der Waals surface area contributed by atoms with Gasteiger partial charge in [0.1, 0.15) is 0 Å². The van der Waals surface area contributed by atoms with E-state index in [9.17, 15) is 4.79 Å². The summed E-state index contributed by atoms with van der Waals surface area (Å²) in [7, 11) is 0. The van der Waals surface area contributed by atoms with Gasteiger partial charge in [0.05, 0.1) is 0 Å². The van der Waals surface area contributed by atoms with Gasteiger partial charge in [0.15, 0.2) is 0 Å². The number of hydrogen-bond donors (Lipinski definition) is 1. The first kappa shape index (κ1) is 13.7. The average molecular weight is 207 g/mol. The molecule has 0 unspecified atom stereocenters. The van der Waals surface area contributed by atoms with Gasteiger partial charge in [-0.1, -0.05) is 32.1 Å². The number of hydrogen-bond acceptors (Lipinski definition) is 1. The van der Waals surface area contributed by atoms with Gasteiger partial charge < -0.3 is 5.32 Å². The number of nitrogens with one attached hydrogen (secondary N) is 1. The molecule has 1 amide bonds. The maximum Gasteiger partial charge on any atom is 0.224 e. The Labute approximate surface area is 92.8 Å². The lowest BCUT2D eigenvalue weighted by molar-refractivity contribution is -0.120. The predicted octanol–water partition coefficient (Wildman–Crippen LogP) is 3.33. The molecule has 0 spiro atoms. The summed E-state index contributed by atoms with van der Waals surface area (Å²) in [4.78, 5) is 11.1. The van der Waals surface area contributed by atoms with Crippen molar-refractivity contribution in [2.24, 2.45) is 0 Å². The summed E-state index contributed by atoms with van der Waals surface area (Å²) < 4.78 is 0. The molecule has 1 N–H and O–H groups in total. The largest absolute Gasteiger partial charge is 0.326 e. The van der Waals surface area contributed by atoms with Crippen molar-refractivity contribution in [1.82, 2.24) is 5.32 Å². The van der Waals surface area contributed by atoms with Crippen LogP contribution in [0.25, 0.3) is 0 Å². The Morgan fingerprint density at radius 1 is 1.07 bits per heavy atom. The van der Waals surface area contributed by atoms with Gasteiger partial charge >= 0.3 is 0 Å². The highest BCUT2D eigenvalue weighted by Gasteiger charge is 2.13. The first-order chi connectivity index (χ1) is 7.27. The van der Waals surface area contributed by atoms with Crippen LogP contribution in [0.3, 0.4) is 0 Å². The highest BCUT2D eigenvalue weighted by molar-refractivity contribution is 5.80. The Morgan fingerprint density at radius 3 is 2.20 bits per heavy atom. The van der Waals surface area contributed by atoms with E-state index in [4.69, 9.17) is 0 Å². The van der Waals surface area contributed by atoms with Gasteiger partial charge in [-0.2, -0.15) is 0 Å². The van der Waals surface area contributed by atoms with E-state index in [0.29, 0.717) is 6.42 Å². The van der Waals surface area contributed by atoms with E-state index in [1.165, 1.54) is 5.57 Å². The molecule has 1 rings (SSSR count). The van der Waals surface area contributed by atoms with Crippen molar-refractivity contribution in [1.29, 1.82) is 0 Å². The third-order valence-electron chi connectivity index (χ3n) is 1.94. The van der Waals surface area contributed by atoms with Crippen molar-refractivity contribution < 1.29 is 4.79 Å². The van der Waals surface area contributed by atoms with Crippen LogP contribution in [0.2, 0.25) is 0 Å². The fourth-order valence-electron chi connectivity index (χ4n) is 1.37. The molecule has 0 saturated carbocycles. The topological polar surface area (TPSA) is 29.1 Å². The number of carbonyl (C=O) groups is 1. The maximum absolute atomic E-state index is 11.1. The van der Waals surface area contributed by atoms with Crippen molar-refractivity contribution >= 4 is 5.91 Å². The summed E-state index contributed by atoms with van der Waals surface area (Å²) >= 11 is 0. The molecule has 0 fully saturated rings. The van der Waals surface area contributed by atoms with Crippen molar-refractivity contribution in [3.63, 3.8) is 0 Å². The molecule has 1 aliphatic heterocycles. The number of rotatable bonds is 2. The van der Waals surface area contributed by atoms with Crippen molar-refractivity contribution in [2.45, 2.75) is 40.5 Å². The van der Waals surface area contributed by atoms with Gasteiger partial charge in [0.2, 0.25) is 5.91 Å². The van der Waals surface area contributed by atoms with E-state index in [1.807, 2.05) is 45.9 Å². The minimum atomic E-state index is 0.112. The Balaban J connectivity index is 0.000000921. The Kier molecular flexibility index (Phi) is 7.33. The Hall–Kier alpha value is -1.31. The first-order valence-corrected chi connectivity index (χ1v) is 5.56. The highest BCUT2D eigenvalue weighted by atomic mass is 16.1. The molecular formula is C13H21NO. The molecule has 0 radical (unpaired) electrons. The van der Waals surface area contributed by atoms with E-state index in [2.05, 4.69) is 11.4 Å². The molecule has 2 heteroatoms. The lowest BCUT2D eigenvalue weighted by atomic mass is 10.0. The average Bonchev–Trinajstić information content (AvgIpc) is 2.26. The quantitative estimate of drug-likeness (QED) is 0.739. The summed E-state index contributed by atoms with van der Waals surface area (Å²) in [6.45, 7) is 7.93. The number of amides is 1. The van der Waals surface area contributed by atoms with Crippen LogP contribution in [0, 0.1) is 0 Å². The van der Waals surface area contributed by atoms with Crippen LogP contribution in [-0.4, -0.2) is 5.91 Å². The highest BCUT2D eigenvalue weighted by Crippen LogP contribution is 2.17. The Bertz CT molecular complexity index is 285. The first-order valence-electron chi connectivity index (χ1n) is 5.56. The summed E-state index contributed by atoms with van der Waals surface area (Å²) in [6, 6.07) is 0. The molecule has 15 heavy (non-hydrogen) atoms. The third-order valence-corrected chi connectivity index (χ3v) is 1.94. The van der Waals surface area contributed by atoms with Gasteiger partial charge in [-0.15, -0.1) is 0 Å². The predicted molar refractivity (Wildman–Crippen MR) is 65.4 cm³/mol. The van der Waals surface area contributed by atoms with Crippen LogP contribution in [0.4, 0.5) is 0 Å². The van der Waals surface area contributed by atoms with E-state index in [0.717, 1.165) is 12.1 Å². The van der Waals surface area contributed by atoms with Crippen LogP contribution in [0.15, 0.2) is 35.6 Å². The zero-order valence-corrected chi connectivity index (χ0v) is 10.1. The molecule has 0 aromatic carbocycles. The molecule has 0 aromatic rings. The molecule has 0 atom stereocenters. The molecule has 2 nitrogen and oxygen atoms in total. The van der Waals surface area contributed by atoms with Crippen LogP contribution in [0.1, 0.15) is 40.5 Å². The summed E-state index contributed by atoms with van der Waals surface area (Å²) in [6.07, 6.45) is 9.36. The second-order valence-corrected chi connectivity index (χ2v) is 2.99. The van der Waals surface area contributed by atoms with E-state index >= 15 is 0 Å². The van der Waals surface area contributed by atoms with Crippen LogP contribution >= 0.6 is 0 Å². The van der Waals surface area contributed by atoms with Gasteiger partial charge in [0.25, 0.3) is 0 Å². The van der Waals surface area contributed by atoms with E-state index < -0.39 is 0 Å². The smallest absolute Gasteiger partial charge is 0.224 e. The summed E-state index contributed by atoms with van der Waals surface area (Å²) in [5, 5.41) is 2.85. The third kappa shape index (κ3) is 4.63. The van der Waals surface area contributed by atoms with Crippen molar-refractivity contribution in [3.8, 4) is 0 Å². The van der Waals surface area contributed by atoms with Gasteiger partial charge in [0, 0.05) is 12.1 Å². The molecular weight excluding hydrogens is 186 g/mol. The van der Waals surface area contributed by atoms with Crippen molar-refractivity contribution in [3.05, 3.63) is 35.6 Å². The normalized spacial score (nSPS) is 16.7. The fourth-order valence-corrected chi connectivity index (χ4v) is 1.37. The number of allylic oxidation sites excluding steroid dienone is 5. The SMILES string of the molecule is C/C=C\C1=C(/C=C\C)NC(=O)CC1.CC. The van der Waals surface area contributed by atoms with Gasteiger partial charge in [-0.05, 0) is 31.9 Å². The van der Waals surface area contributed by atoms with E-state index in [-0.39, 0.29) is 5.91 Å². The fraction of sp³-hybridized carbons (Fsp3) is 0.462. The van der Waals surface area contributed by atoms with Crippen LogP contribution in [-0.2, 0) is 4.79 Å². The molecule has 0 aliphatic carbocycles. The zero-order valence-electron chi connectivity index (χ0n) is 10.1. The monoisotopic (exact) mass is 207 g/mol. The lowest BCUT2D eigenvalue weighted by Gasteiger charge is -2.16.